The van der Waals surface area contributed by atoms with Crippen molar-refractivity contribution in [3.63, 3.8) is 0 Å². The molecule has 1 aromatic carbocycles. The van der Waals surface area contributed by atoms with Gasteiger partial charge in [-0.25, -0.2) is 0 Å². The van der Waals surface area contributed by atoms with Crippen LogP contribution >= 0.6 is 12.4 Å². The summed E-state index contributed by atoms with van der Waals surface area (Å²) in [6.07, 6.45) is 3.56. The fraction of sp³-hybridized carbons (Fsp3) is 0.286. The number of aromatic nitrogens is 2. The van der Waals surface area contributed by atoms with Gasteiger partial charge in [0.05, 0.1) is 6.54 Å². The second-order valence-corrected chi connectivity index (χ2v) is 4.59. The molecule has 0 fully saturated rings. The maximum absolute atomic E-state index is 12.1. The number of amides is 1. The predicted molar refractivity (Wildman–Crippen MR) is 80.5 cm³/mol. The van der Waals surface area contributed by atoms with Crippen LogP contribution in [0.3, 0.4) is 0 Å². The Labute approximate surface area is 124 Å². The highest BCUT2D eigenvalue weighted by Gasteiger charge is 2.29. The molecule has 5 nitrogen and oxygen atoms in total. The number of carbonyl (C=O) groups excluding carboxylic acids is 1. The van der Waals surface area contributed by atoms with Crippen molar-refractivity contribution >= 4 is 18.3 Å². The highest BCUT2D eigenvalue weighted by atomic mass is 35.5. The minimum Gasteiger partial charge on any atom is -0.352 e. The van der Waals surface area contributed by atoms with Gasteiger partial charge < -0.3 is 11.1 Å². The van der Waals surface area contributed by atoms with E-state index in [1.165, 1.54) is 0 Å². The van der Waals surface area contributed by atoms with Gasteiger partial charge >= 0.3 is 0 Å². The predicted octanol–water partition coefficient (Wildman–Crippen LogP) is 1.30. The van der Waals surface area contributed by atoms with Crippen LogP contribution in [-0.4, -0.2) is 22.2 Å². The molecule has 2 rings (SSSR count). The third-order valence-electron chi connectivity index (χ3n) is 3.03. The Hall–Kier alpha value is -1.85. The van der Waals surface area contributed by atoms with Gasteiger partial charge in [-0.05, 0) is 18.6 Å². The van der Waals surface area contributed by atoms with Crippen LogP contribution in [0.2, 0.25) is 0 Å². The van der Waals surface area contributed by atoms with Gasteiger partial charge in [0.15, 0.2) is 0 Å². The third-order valence-corrected chi connectivity index (χ3v) is 3.03. The zero-order valence-electron chi connectivity index (χ0n) is 11.3. The summed E-state index contributed by atoms with van der Waals surface area (Å²) in [6, 6.07) is 11.2. The molecule has 0 saturated carbocycles. The van der Waals surface area contributed by atoms with Crippen LogP contribution in [0.1, 0.15) is 12.5 Å². The average molecular weight is 295 g/mol. The Morgan fingerprint density at radius 1 is 1.35 bits per heavy atom. The maximum atomic E-state index is 12.1. The van der Waals surface area contributed by atoms with Gasteiger partial charge in [0.2, 0.25) is 5.91 Å². The van der Waals surface area contributed by atoms with Gasteiger partial charge in [0.25, 0.3) is 0 Å². The SMILES string of the molecule is CC(N)(C(=O)NCCn1cccn1)c1ccccc1.Cl. The lowest BCUT2D eigenvalue weighted by Crippen LogP contribution is -2.49. The van der Waals surface area contributed by atoms with Crippen molar-refractivity contribution in [1.29, 1.82) is 0 Å². The lowest BCUT2D eigenvalue weighted by atomic mass is 9.92. The number of hydrogen-bond donors (Lipinski definition) is 2. The van der Waals surface area contributed by atoms with E-state index in [2.05, 4.69) is 10.4 Å². The van der Waals surface area contributed by atoms with Crippen molar-refractivity contribution in [3.8, 4) is 0 Å². The van der Waals surface area contributed by atoms with Gasteiger partial charge in [-0.3, -0.25) is 9.48 Å². The maximum Gasteiger partial charge on any atom is 0.244 e. The second kappa shape index (κ2) is 7.07. The Balaban J connectivity index is 0.00000200. The number of hydrogen-bond acceptors (Lipinski definition) is 3. The van der Waals surface area contributed by atoms with E-state index in [1.54, 1.807) is 17.8 Å². The van der Waals surface area contributed by atoms with Gasteiger partial charge in [0.1, 0.15) is 5.54 Å². The quantitative estimate of drug-likeness (QED) is 0.873. The molecule has 0 saturated heterocycles. The number of halogens is 1. The fourth-order valence-electron chi connectivity index (χ4n) is 1.82. The van der Waals surface area contributed by atoms with E-state index in [1.807, 2.05) is 42.6 Å². The van der Waals surface area contributed by atoms with Crippen LogP contribution in [0.25, 0.3) is 0 Å². The molecule has 0 spiro atoms. The van der Waals surface area contributed by atoms with Crippen molar-refractivity contribution in [3.05, 3.63) is 54.4 Å². The van der Waals surface area contributed by atoms with Gasteiger partial charge in [-0.2, -0.15) is 5.10 Å². The number of carbonyl (C=O) groups is 1. The molecule has 6 heteroatoms. The van der Waals surface area contributed by atoms with Crippen LogP contribution < -0.4 is 11.1 Å². The first-order valence-electron chi connectivity index (χ1n) is 6.21. The van der Waals surface area contributed by atoms with E-state index in [0.717, 1.165) is 5.56 Å². The van der Waals surface area contributed by atoms with E-state index in [9.17, 15) is 4.79 Å². The van der Waals surface area contributed by atoms with Gasteiger partial charge in [-0.1, -0.05) is 30.3 Å². The molecule has 1 heterocycles. The van der Waals surface area contributed by atoms with E-state index < -0.39 is 5.54 Å². The third kappa shape index (κ3) is 3.82. The molecule has 0 bridgehead atoms. The van der Waals surface area contributed by atoms with Crippen molar-refractivity contribution in [2.24, 2.45) is 5.73 Å². The van der Waals surface area contributed by atoms with E-state index in [0.29, 0.717) is 13.1 Å². The van der Waals surface area contributed by atoms with Crippen LogP contribution in [0, 0.1) is 0 Å². The summed E-state index contributed by atoms with van der Waals surface area (Å²) < 4.78 is 1.76. The standard InChI is InChI=1S/C14H18N4O.ClH/c1-14(15,12-6-3-2-4-7-12)13(19)16-9-11-18-10-5-8-17-18;/h2-8,10H,9,11,15H2,1H3,(H,16,19);1H. The summed E-state index contributed by atoms with van der Waals surface area (Å²) in [5, 5.41) is 6.90. The zero-order valence-corrected chi connectivity index (χ0v) is 12.1. The normalized spacial score (nSPS) is 13.1. The molecule has 1 atom stereocenters. The molecule has 1 aromatic heterocycles. The van der Waals surface area contributed by atoms with Crippen LogP contribution in [0.5, 0.6) is 0 Å². The summed E-state index contributed by atoms with van der Waals surface area (Å²) in [4.78, 5) is 12.1. The summed E-state index contributed by atoms with van der Waals surface area (Å²) in [6.45, 7) is 2.84. The summed E-state index contributed by atoms with van der Waals surface area (Å²) in [7, 11) is 0. The number of nitrogens with one attached hydrogen (secondary N) is 1. The molecule has 0 aliphatic carbocycles. The topological polar surface area (TPSA) is 72.9 Å². The van der Waals surface area contributed by atoms with Crippen molar-refractivity contribution in [1.82, 2.24) is 15.1 Å². The molecule has 20 heavy (non-hydrogen) atoms. The highest BCUT2D eigenvalue weighted by Crippen LogP contribution is 2.17. The van der Waals surface area contributed by atoms with Crippen LogP contribution in [0.15, 0.2) is 48.8 Å². The monoisotopic (exact) mass is 294 g/mol. The Kier molecular flexibility index (Phi) is 5.73. The van der Waals surface area contributed by atoms with Crippen molar-refractivity contribution < 1.29 is 4.79 Å². The Bertz CT molecular complexity index is 525. The van der Waals surface area contributed by atoms with Gasteiger partial charge in [-0.15, -0.1) is 12.4 Å². The van der Waals surface area contributed by atoms with E-state index in [4.69, 9.17) is 5.73 Å². The summed E-state index contributed by atoms with van der Waals surface area (Å²) >= 11 is 0. The number of nitrogens with two attached hydrogens (primary N) is 1. The summed E-state index contributed by atoms with van der Waals surface area (Å²) in [5.41, 5.74) is 5.88. The van der Waals surface area contributed by atoms with Gasteiger partial charge in [0, 0.05) is 18.9 Å². The van der Waals surface area contributed by atoms with E-state index >= 15 is 0 Å². The minimum atomic E-state index is -1.02. The molecule has 2 aromatic rings. The molecule has 0 aliphatic heterocycles. The molecule has 0 radical (unpaired) electrons. The first-order valence-corrected chi connectivity index (χ1v) is 6.21. The molecule has 1 unspecified atom stereocenters. The number of rotatable bonds is 5. The molecule has 3 N–H and O–H groups in total. The number of benzene rings is 1. The van der Waals surface area contributed by atoms with Crippen LogP contribution in [0.4, 0.5) is 0 Å². The first kappa shape index (κ1) is 16.2. The summed E-state index contributed by atoms with van der Waals surface area (Å²) in [5.74, 6) is -0.189. The first-order chi connectivity index (χ1) is 9.10. The molecular weight excluding hydrogens is 276 g/mol. The van der Waals surface area contributed by atoms with Crippen molar-refractivity contribution in [2.75, 3.05) is 6.54 Å². The fourth-order valence-corrected chi connectivity index (χ4v) is 1.82. The van der Waals surface area contributed by atoms with Crippen molar-refractivity contribution in [2.45, 2.75) is 19.0 Å². The Morgan fingerprint density at radius 2 is 2.05 bits per heavy atom. The molecular formula is C14H19ClN4O. The molecule has 0 aliphatic rings. The smallest absolute Gasteiger partial charge is 0.244 e. The second-order valence-electron chi connectivity index (χ2n) is 4.59. The molecule has 1 amide bonds. The average Bonchev–Trinajstić information content (AvgIpc) is 2.93. The molecule has 108 valence electrons. The lowest BCUT2D eigenvalue weighted by Gasteiger charge is -2.24. The zero-order chi connectivity index (χ0) is 13.7. The largest absolute Gasteiger partial charge is 0.352 e. The minimum absolute atomic E-state index is 0. The van der Waals surface area contributed by atoms with Crippen LogP contribution in [-0.2, 0) is 16.9 Å². The highest BCUT2D eigenvalue weighted by molar-refractivity contribution is 5.86. The Morgan fingerprint density at radius 3 is 2.65 bits per heavy atom. The lowest BCUT2D eigenvalue weighted by molar-refractivity contribution is -0.126. The number of nitrogens with zero attached hydrogens (tertiary/aromatic N) is 2. The van der Waals surface area contributed by atoms with E-state index in [-0.39, 0.29) is 18.3 Å².